The van der Waals surface area contributed by atoms with Gasteiger partial charge in [0.1, 0.15) is 0 Å². The molecule has 0 saturated heterocycles. The molecule has 0 aliphatic heterocycles. The molecule has 0 unspecified atom stereocenters. The number of hydrogen-bond donors (Lipinski definition) is 1. The van der Waals surface area contributed by atoms with Crippen LogP contribution in [0.25, 0.3) is 0 Å². The first-order valence-corrected chi connectivity index (χ1v) is 7.04. The Morgan fingerprint density at radius 2 is 2.00 bits per heavy atom. The van der Waals surface area contributed by atoms with Crippen molar-refractivity contribution in [3.05, 3.63) is 22.4 Å². The van der Waals surface area contributed by atoms with Crippen LogP contribution in [0.1, 0.15) is 48.2 Å². The van der Waals surface area contributed by atoms with Gasteiger partial charge in [-0.15, -0.1) is 23.7 Å². The van der Waals surface area contributed by atoms with Gasteiger partial charge >= 0.3 is 0 Å². The third-order valence-corrected chi connectivity index (χ3v) is 4.11. The summed E-state index contributed by atoms with van der Waals surface area (Å²) in [7, 11) is 0. The van der Waals surface area contributed by atoms with Crippen molar-refractivity contribution in [3.8, 4) is 0 Å². The molecule has 2 nitrogen and oxygen atoms in total. The van der Waals surface area contributed by atoms with Gasteiger partial charge in [-0.2, -0.15) is 0 Å². The van der Waals surface area contributed by atoms with Gasteiger partial charge in [-0.05, 0) is 24.3 Å². The van der Waals surface area contributed by atoms with Gasteiger partial charge in [-0.25, -0.2) is 0 Å². The summed E-state index contributed by atoms with van der Waals surface area (Å²) in [6.45, 7) is 0.505. The summed E-state index contributed by atoms with van der Waals surface area (Å²) in [4.78, 5) is 12.7. The topological polar surface area (TPSA) is 29.1 Å². The summed E-state index contributed by atoms with van der Waals surface area (Å²) >= 11 is 1.53. The molecule has 96 valence electrons. The third-order valence-electron chi connectivity index (χ3n) is 3.20. The molecule has 0 spiro atoms. The van der Waals surface area contributed by atoms with E-state index in [2.05, 4.69) is 5.32 Å². The smallest absolute Gasteiger partial charge is 0.186 e. The van der Waals surface area contributed by atoms with Crippen LogP contribution in [0.5, 0.6) is 0 Å². The number of hydrogen-bond acceptors (Lipinski definition) is 3. The molecule has 1 saturated carbocycles. The Morgan fingerprint density at radius 1 is 1.29 bits per heavy atom. The molecule has 2 rings (SSSR count). The maximum absolute atomic E-state index is 11.8. The van der Waals surface area contributed by atoms with Crippen LogP contribution < -0.4 is 5.32 Å². The first-order valence-electron chi connectivity index (χ1n) is 6.16. The second-order valence-electron chi connectivity index (χ2n) is 4.47. The van der Waals surface area contributed by atoms with Crippen molar-refractivity contribution in [1.82, 2.24) is 5.32 Å². The van der Waals surface area contributed by atoms with Crippen LogP contribution in [-0.4, -0.2) is 18.4 Å². The van der Waals surface area contributed by atoms with Gasteiger partial charge in [0, 0.05) is 6.04 Å². The van der Waals surface area contributed by atoms with Crippen LogP contribution in [0.3, 0.4) is 0 Å². The molecular formula is C13H20ClNOS. The minimum atomic E-state index is 0. The fourth-order valence-corrected chi connectivity index (χ4v) is 2.91. The predicted octanol–water partition coefficient (Wildman–Crippen LogP) is 3.67. The normalized spacial score (nSPS) is 17.2. The van der Waals surface area contributed by atoms with Crippen molar-refractivity contribution < 1.29 is 4.79 Å². The molecule has 1 aliphatic carbocycles. The SMILES string of the molecule is Cl.O=C(CNC1CCCCCC1)c1cccs1. The fraction of sp³-hybridized carbons (Fsp3) is 0.615. The lowest BCUT2D eigenvalue weighted by atomic mass is 10.1. The zero-order valence-corrected chi connectivity index (χ0v) is 11.6. The first-order chi connectivity index (χ1) is 7.86. The van der Waals surface area contributed by atoms with Crippen LogP contribution >= 0.6 is 23.7 Å². The maximum atomic E-state index is 11.8. The Balaban J connectivity index is 0.00000144. The molecule has 4 heteroatoms. The van der Waals surface area contributed by atoms with E-state index in [0.717, 1.165) is 4.88 Å². The largest absolute Gasteiger partial charge is 0.307 e. The van der Waals surface area contributed by atoms with Gasteiger partial charge < -0.3 is 5.32 Å². The van der Waals surface area contributed by atoms with Gasteiger partial charge in [0.15, 0.2) is 5.78 Å². The number of carbonyl (C=O) groups excluding carboxylic acids is 1. The second kappa shape index (κ2) is 7.85. The number of Topliss-reactive ketones (excluding diaryl/α,β-unsaturated/α-hetero) is 1. The number of rotatable bonds is 4. The van der Waals surface area contributed by atoms with Crippen molar-refractivity contribution in [2.24, 2.45) is 0 Å². The molecular weight excluding hydrogens is 254 g/mol. The predicted molar refractivity (Wildman–Crippen MR) is 75.4 cm³/mol. The molecule has 0 radical (unpaired) electrons. The van der Waals surface area contributed by atoms with E-state index in [-0.39, 0.29) is 18.2 Å². The van der Waals surface area contributed by atoms with Gasteiger partial charge in [-0.3, -0.25) is 4.79 Å². The minimum Gasteiger partial charge on any atom is -0.307 e. The summed E-state index contributed by atoms with van der Waals surface area (Å²) in [5, 5.41) is 5.36. The van der Waals surface area contributed by atoms with E-state index >= 15 is 0 Å². The Hall–Kier alpha value is -0.380. The van der Waals surface area contributed by atoms with Crippen molar-refractivity contribution in [1.29, 1.82) is 0 Å². The Bertz CT molecular complexity index is 318. The number of ketones is 1. The van der Waals surface area contributed by atoms with Crippen molar-refractivity contribution >= 4 is 29.5 Å². The first kappa shape index (κ1) is 14.7. The number of halogens is 1. The second-order valence-corrected chi connectivity index (χ2v) is 5.42. The Labute approximate surface area is 113 Å². The van der Waals surface area contributed by atoms with Crippen LogP contribution in [-0.2, 0) is 0 Å². The number of thiophene rings is 1. The maximum Gasteiger partial charge on any atom is 0.186 e. The highest BCUT2D eigenvalue weighted by molar-refractivity contribution is 7.12. The summed E-state index contributed by atoms with van der Waals surface area (Å²) in [5.41, 5.74) is 0. The molecule has 1 aromatic heterocycles. The Kier molecular flexibility index (Phi) is 6.78. The fourth-order valence-electron chi connectivity index (χ4n) is 2.24. The van der Waals surface area contributed by atoms with Crippen molar-refractivity contribution in [3.63, 3.8) is 0 Å². The summed E-state index contributed by atoms with van der Waals surface area (Å²) in [6.07, 6.45) is 7.80. The zero-order valence-electron chi connectivity index (χ0n) is 9.98. The molecule has 1 fully saturated rings. The van der Waals surface area contributed by atoms with Crippen molar-refractivity contribution in [2.75, 3.05) is 6.54 Å². The highest BCUT2D eigenvalue weighted by Crippen LogP contribution is 2.17. The van der Waals surface area contributed by atoms with E-state index < -0.39 is 0 Å². The van der Waals surface area contributed by atoms with E-state index in [4.69, 9.17) is 0 Å². The standard InChI is InChI=1S/C13H19NOS.ClH/c15-12(13-8-5-9-16-13)10-14-11-6-3-1-2-4-7-11;/h5,8-9,11,14H,1-4,6-7,10H2;1H. The average molecular weight is 274 g/mol. The van der Waals surface area contributed by atoms with Gasteiger partial charge in [0.05, 0.1) is 11.4 Å². The molecule has 1 N–H and O–H groups in total. The van der Waals surface area contributed by atoms with Gasteiger partial charge in [-0.1, -0.05) is 31.7 Å². The van der Waals surface area contributed by atoms with E-state index in [1.807, 2.05) is 17.5 Å². The highest BCUT2D eigenvalue weighted by atomic mass is 35.5. The van der Waals surface area contributed by atoms with Crippen LogP contribution in [0.15, 0.2) is 17.5 Å². The molecule has 1 heterocycles. The average Bonchev–Trinajstić information content (AvgIpc) is 2.71. The van der Waals surface area contributed by atoms with Crippen LogP contribution in [0, 0.1) is 0 Å². The van der Waals surface area contributed by atoms with Gasteiger partial charge in [0.2, 0.25) is 0 Å². The van der Waals surface area contributed by atoms with Crippen LogP contribution in [0.2, 0.25) is 0 Å². The highest BCUT2D eigenvalue weighted by Gasteiger charge is 2.13. The molecule has 1 aromatic rings. The summed E-state index contributed by atoms with van der Waals surface area (Å²) < 4.78 is 0. The lowest BCUT2D eigenvalue weighted by Crippen LogP contribution is -2.33. The molecule has 0 amide bonds. The lowest BCUT2D eigenvalue weighted by Gasteiger charge is -2.14. The quantitative estimate of drug-likeness (QED) is 0.670. The van der Waals surface area contributed by atoms with Crippen LogP contribution in [0.4, 0.5) is 0 Å². The molecule has 0 bridgehead atoms. The van der Waals surface area contributed by atoms with E-state index in [1.54, 1.807) is 0 Å². The molecule has 1 aliphatic rings. The zero-order chi connectivity index (χ0) is 11.2. The summed E-state index contributed by atoms with van der Waals surface area (Å²) in [6, 6.07) is 4.40. The van der Waals surface area contributed by atoms with E-state index in [0.29, 0.717) is 12.6 Å². The minimum absolute atomic E-state index is 0. The van der Waals surface area contributed by atoms with E-state index in [1.165, 1.54) is 49.9 Å². The summed E-state index contributed by atoms with van der Waals surface area (Å²) in [5.74, 6) is 0.235. The molecule has 0 aromatic carbocycles. The van der Waals surface area contributed by atoms with E-state index in [9.17, 15) is 4.79 Å². The lowest BCUT2D eigenvalue weighted by molar-refractivity contribution is 0.0990. The molecule has 0 atom stereocenters. The third kappa shape index (κ3) is 4.78. The number of nitrogens with one attached hydrogen (secondary N) is 1. The van der Waals surface area contributed by atoms with Gasteiger partial charge in [0.25, 0.3) is 0 Å². The number of carbonyl (C=O) groups is 1. The monoisotopic (exact) mass is 273 g/mol. The Morgan fingerprint density at radius 3 is 2.59 bits per heavy atom. The van der Waals surface area contributed by atoms with Crippen molar-refractivity contribution in [2.45, 2.75) is 44.6 Å². The molecule has 17 heavy (non-hydrogen) atoms.